The lowest BCUT2D eigenvalue weighted by molar-refractivity contribution is -0.132. The van der Waals surface area contributed by atoms with Crippen LogP contribution in [0.5, 0.6) is 0 Å². The summed E-state index contributed by atoms with van der Waals surface area (Å²) in [5, 5.41) is 16.8. The number of hydrogen-bond acceptors (Lipinski definition) is 7. The summed E-state index contributed by atoms with van der Waals surface area (Å²) in [6.45, 7) is 0.265. The number of aromatic nitrogens is 2. The predicted octanol–water partition coefficient (Wildman–Crippen LogP) is 3.71. The van der Waals surface area contributed by atoms with Crippen molar-refractivity contribution in [2.75, 3.05) is 0 Å². The molecule has 3 amide bonds. The van der Waals surface area contributed by atoms with E-state index >= 15 is 0 Å². The molecule has 262 valence electrons. The van der Waals surface area contributed by atoms with Gasteiger partial charge in [0.25, 0.3) is 0 Å². The quantitative estimate of drug-likeness (QED) is 0.0766. The minimum absolute atomic E-state index is 0.126. The van der Waals surface area contributed by atoms with Gasteiger partial charge in [-0.3, -0.25) is 14.4 Å². The maximum absolute atomic E-state index is 14.0. The van der Waals surface area contributed by atoms with Gasteiger partial charge in [0.1, 0.15) is 12.1 Å². The van der Waals surface area contributed by atoms with E-state index in [4.69, 9.17) is 5.73 Å². The van der Waals surface area contributed by atoms with Gasteiger partial charge < -0.3 is 31.8 Å². The Kier molecular flexibility index (Phi) is 12.8. The Bertz CT molecular complexity index is 1890. The average Bonchev–Trinajstić information content (AvgIpc) is 3.67. The van der Waals surface area contributed by atoms with Gasteiger partial charge in [0.05, 0.1) is 17.1 Å². The standard InChI is InChI=1S/C39H40N6O5S/c40-32(19-25-13-17-30(18-14-25)39(49)50)35(51)38(48)45-33(20-26-11-15-29(16-12-26)28-9-5-2-6-10-28)37(47)44-34(21-31-23-41-24-43-31)36(46)42-22-27-7-3-1-4-8-27/h1-18,23-24,32-35,51H,19-22,40H2,(H,41,43)(H,42,46)(H,44,47)(H,45,48)(H,49,50)/t32-,33?,34?,35-/m0/s1. The van der Waals surface area contributed by atoms with Gasteiger partial charge in [-0.15, -0.1) is 0 Å². The number of imidazole rings is 1. The average molecular weight is 705 g/mol. The third kappa shape index (κ3) is 10.6. The van der Waals surface area contributed by atoms with Crippen LogP contribution in [0.1, 0.15) is 32.7 Å². The molecular weight excluding hydrogens is 665 g/mol. The fourth-order valence-corrected chi connectivity index (χ4v) is 5.71. The highest BCUT2D eigenvalue weighted by atomic mass is 32.1. The molecule has 1 aromatic heterocycles. The van der Waals surface area contributed by atoms with Crippen LogP contribution < -0.4 is 21.7 Å². The monoisotopic (exact) mass is 704 g/mol. The largest absolute Gasteiger partial charge is 0.478 e. The molecule has 12 heteroatoms. The van der Waals surface area contributed by atoms with Crippen molar-refractivity contribution < 1.29 is 24.3 Å². The Morgan fingerprint density at radius 1 is 0.686 bits per heavy atom. The van der Waals surface area contributed by atoms with E-state index in [2.05, 4.69) is 38.5 Å². The number of carboxylic acids is 1. The summed E-state index contributed by atoms with van der Waals surface area (Å²) < 4.78 is 0. The van der Waals surface area contributed by atoms with Crippen LogP contribution in [0.4, 0.5) is 0 Å². The van der Waals surface area contributed by atoms with Gasteiger partial charge in [-0.1, -0.05) is 97.1 Å². The fourth-order valence-electron chi connectivity index (χ4n) is 5.53. The van der Waals surface area contributed by atoms with Gasteiger partial charge in [0.2, 0.25) is 17.7 Å². The Morgan fingerprint density at radius 2 is 1.25 bits per heavy atom. The minimum Gasteiger partial charge on any atom is -0.478 e. The van der Waals surface area contributed by atoms with Crippen LogP contribution in [-0.2, 0) is 40.2 Å². The van der Waals surface area contributed by atoms with E-state index in [1.807, 2.05) is 84.9 Å². The molecule has 1 heterocycles. The first-order valence-corrected chi connectivity index (χ1v) is 17.0. The van der Waals surface area contributed by atoms with Crippen molar-refractivity contribution in [2.24, 2.45) is 5.73 Å². The number of carbonyl (C=O) groups excluding carboxylic acids is 3. The minimum atomic E-state index is -1.08. The van der Waals surface area contributed by atoms with Gasteiger partial charge in [-0.05, 0) is 46.4 Å². The first-order chi connectivity index (χ1) is 24.7. The number of nitrogens with two attached hydrogens (primary N) is 1. The molecule has 0 aliphatic carbocycles. The number of hydrogen-bond donors (Lipinski definition) is 7. The third-order valence-electron chi connectivity index (χ3n) is 8.40. The number of nitrogens with one attached hydrogen (secondary N) is 4. The number of thiol groups is 1. The Balaban J connectivity index is 1.33. The number of H-pyrrole nitrogens is 1. The van der Waals surface area contributed by atoms with Crippen molar-refractivity contribution >= 4 is 36.3 Å². The number of benzene rings is 4. The van der Waals surface area contributed by atoms with Gasteiger partial charge in [-0.2, -0.15) is 12.6 Å². The number of aromatic amines is 1. The molecule has 7 N–H and O–H groups in total. The van der Waals surface area contributed by atoms with Crippen LogP contribution in [0, 0.1) is 0 Å². The molecule has 0 spiro atoms. The van der Waals surface area contributed by atoms with Crippen molar-refractivity contribution in [3.05, 3.63) is 150 Å². The molecule has 0 saturated heterocycles. The normalized spacial score (nSPS) is 13.3. The summed E-state index contributed by atoms with van der Waals surface area (Å²) >= 11 is 4.51. The zero-order valence-electron chi connectivity index (χ0n) is 27.7. The van der Waals surface area contributed by atoms with E-state index < -0.39 is 47.1 Å². The molecule has 4 atom stereocenters. The van der Waals surface area contributed by atoms with Crippen molar-refractivity contribution in [3.63, 3.8) is 0 Å². The second-order valence-electron chi connectivity index (χ2n) is 12.2. The highest BCUT2D eigenvalue weighted by Crippen LogP contribution is 2.20. The first kappa shape index (κ1) is 36.6. The van der Waals surface area contributed by atoms with Gasteiger partial charge in [0.15, 0.2) is 0 Å². The van der Waals surface area contributed by atoms with Crippen molar-refractivity contribution in [1.82, 2.24) is 25.9 Å². The van der Waals surface area contributed by atoms with Gasteiger partial charge in [0, 0.05) is 37.3 Å². The lowest BCUT2D eigenvalue weighted by Crippen LogP contribution is -2.57. The Labute approximate surface area is 301 Å². The molecule has 0 bridgehead atoms. The summed E-state index contributed by atoms with van der Waals surface area (Å²) in [6, 6.07) is 30.4. The zero-order valence-corrected chi connectivity index (χ0v) is 28.6. The maximum Gasteiger partial charge on any atom is 0.335 e. The van der Waals surface area contributed by atoms with E-state index in [-0.39, 0.29) is 31.4 Å². The first-order valence-electron chi connectivity index (χ1n) is 16.5. The van der Waals surface area contributed by atoms with Gasteiger partial charge in [-0.25, -0.2) is 9.78 Å². The highest BCUT2D eigenvalue weighted by Gasteiger charge is 2.30. The van der Waals surface area contributed by atoms with Crippen molar-refractivity contribution in [2.45, 2.75) is 49.2 Å². The Morgan fingerprint density at radius 3 is 1.88 bits per heavy atom. The molecule has 0 aliphatic heterocycles. The topological polar surface area (TPSA) is 179 Å². The summed E-state index contributed by atoms with van der Waals surface area (Å²) in [5.74, 6) is -2.57. The number of aromatic carboxylic acids is 1. The smallest absolute Gasteiger partial charge is 0.335 e. The lowest BCUT2D eigenvalue weighted by atomic mass is 9.99. The molecule has 5 rings (SSSR count). The predicted molar refractivity (Wildman–Crippen MR) is 198 cm³/mol. The molecule has 11 nitrogen and oxygen atoms in total. The van der Waals surface area contributed by atoms with Crippen LogP contribution >= 0.6 is 12.6 Å². The van der Waals surface area contributed by atoms with E-state index in [0.29, 0.717) is 5.69 Å². The highest BCUT2D eigenvalue weighted by molar-refractivity contribution is 7.81. The van der Waals surface area contributed by atoms with E-state index in [1.54, 1.807) is 18.3 Å². The second-order valence-corrected chi connectivity index (χ2v) is 12.7. The number of rotatable bonds is 16. The SMILES string of the molecule is N[C@@H](Cc1ccc(C(=O)O)cc1)[C@H](S)C(=O)NC(Cc1ccc(-c2ccccc2)cc1)C(=O)NC(Cc1cnc[nH]1)C(=O)NCc1ccccc1. The summed E-state index contributed by atoms with van der Waals surface area (Å²) in [5.41, 5.74) is 11.6. The van der Waals surface area contributed by atoms with E-state index in [9.17, 15) is 24.3 Å². The van der Waals surface area contributed by atoms with Crippen LogP contribution in [0.15, 0.2) is 122 Å². The maximum atomic E-state index is 14.0. The number of amides is 3. The zero-order chi connectivity index (χ0) is 36.2. The van der Waals surface area contributed by atoms with Crippen LogP contribution in [0.3, 0.4) is 0 Å². The van der Waals surface area contributed by atoms with E-state index in [0.717, 1.165) is 27.8 Å². The van der Waals surface area contributed by atoms with Crippen LogP contribution in [0.2, 0.25) is 0 Å². The molecule has 0 fully saturated rings. The van der Waals surface area contributed by atoms with Crippen molar-refractivity contribution in [3.8, 4) is 11.1 Å². The van der Waals surface area contributed by atoms with Gasteiger partial charge >= 0.3 is 5.97 Å². The van der Waals surface area contributed by atoms with E-state index in [1.165, 1.54) is 18.5 Å². The summed E-state index contributed by atoms with van der Waals surface area (Å²) in [6.07, 6.45) is 3.59. The number of carbonyl (C=O) groups is 4. The second kappa shape index (κ2) is 17.8. The molecule has 51 heavy (non-hydrogen) atoms. The Hall–Kier alpha value is -5.72. The summed E-state index contributed by atoms with van der Waals surface area (Å²) in [4.78, 5) is 59.3. The third-order valence-corrected chi connectivity index (χ3v) is 9.02. The van der Waals surface area contributed by atoms with Crippen LogP contribution in [-0.4, -0.2) is 62.1 Å². The lowest BCUT2D eigenvalue weighted by Gasteiger charge is -2.25. The number of nitrogens with zero attached hydrogens (tertiary/aromatic N) is 1. The molecule has 0 aliphatic rings. The molecule has 4 aromatic carbocycles. The van der Waals surface area contributed by atoms with Crippen molar-refractivity contribution in [1.29, 1.82) is 0 Å². The molecule has 5 aromatic rings. The molecule has 0 saturated carbocycles. The number of carboxylic acid groups (broad SMARTS) is 1. The fraction of sp³-hybridized carbons (Fsp3) is 0.205. The van der Waals surface area contributed by atoms with Crippen LogP contribution in [0.25, 0.3) is 11.1 Å². The molecule has 2 unspecified atom stereocenters. The molecule has 0 radical (unpaired) electrons. The molecular formula is C39H40N6O5S. The summed E-state index contributed by atoms with van der Waals surface area (Å²) in [7, 11) is 0.